The Kier molecular flexibility index (Phi) is 3.81. The lowest BCUT2D eigenvalue weighted by Crippen LogP contribution is -2.02. The number of nitrogens with one attached hydrogen (secondary N) is 1. The van der Waals surface area contributed by atoms with Crippen molar-refractivity contribution in [3.8, 4) is 6.07 Å². The Morgan fingerprint density at radius 2 is 1.94 bits per heavy atom. The van der Waals surface area contributed by atoms with Crippen LogP contribution in [0.15, 0.2) is 36.4 Å². The molecule has 0 saturated carbocycles. The van der Waals surface area contributed by atoms with Crippen LogP contribution in [0.1, 0.15) is 16.8 Å². The van der Waals surface area contributed by atoms with Gasteiger partial charge in [-0.3, -0.25) is 0 Å². The largest absolute Gasteiger partial charge is 0.366 e. The van der Waals surface area contributed by atoms with E-state index >= 15 is 0 Å². The standard InChI is InChI=1S/C14H12ClN3/c1-10-2-4-11(5-3-10)9-17-14-7-6-12(15)13(8-16)18-14/h2-7H,9H2,1H3,(H,17,18). The van der Waals surface area contributed by atoms with Gasteiger partial charge in [0.15, 0.2) is 5.69 Å². The summed E-state index contributed by atoms with van der Waals surface area (Å²) in [7, 11) is 0. The molecular formula is C14H12ClN3. The average molecular weight is 258 g/mol. The predicted molar refractivity (Wildman–Crippen MR) is 72.5 cm³/mol. The molecule has 0 aliphatic rings. The summed E-state index contributed by atoms with van der Waals surface area (Å²) in [6.07, 6.45) is 0. The quantitative estimate of drug-likeness (QED) is 0.915. The maximum absolute atomic E-state index is 8.83. The predicted octanol–water partition coefficient (Wildman–Crippen LogP) is 3.53. The number of halogens is 1. The maximum atomic E-state index is 8.83. The first-order valence-corrected chi connectivity index (χ1v) is 5.93. The van der Waals surface area contributed by atoms with Gasteiger partial charge in [-0.25, -0.2) is 4.98 Å². The van der Waals surface area contributed by atoms with Crippen molar-refractivity contribution >= 4 is 17.4 Å². The van der Waals surface area contributed by atoms with Crippen molar-refractivity contribution in [2.24, 2.45) is 0 Å². The van der Waals surface area contributed by atoms with Crippen LogP contribution < -0.4 is 5.32 Å². The van der Waals surface area contributed by atoms with Gasteiger partial charge in [0.25, 0.3) is 0 Å². The fraction of sp³-hybridized carbons (Fsp3) is 0.143. The molecule has 1 aromatic carbocycles. The van der Waals surface area contributed by atoms with Crippen LogP contribution in [-0.4, -0.2) is 4.98 Å². The lowest BCUT2D eigenvalue weighted by molar-refractivity contribution is 1.10. The molecule has 18 heavy (non-hydrogen) atoms. The topological polar surface area (TPSA) is 48.7 Å². The van der Waals surface area contributed by atoms with Crippen LogP contribution in [-0.2, 0) is 6.54 Å². The number of anilines is 1. The molecule has 0 amide bonds. The molecule has 2 aromatic rings. The van der Waals surface area contributed by atoms with E-state index in [2.05, 4.69) is 41.5 Å². The summed E-state index contributed by atoms with van der Waals surface area (Å²) in [4.78, 5) is 4.12. The van der Waals surface area contributed by atoms with E-state index in [1.807, 2.05) is 6.07 Å². The lowest BCUT2D eigenvalue weighted by Gasteiger charge is -2.06. The molecule has 4 heteroatoms. The fourth-order valence-corrected chi connectivity index (χ4v) is 1.67. The highest BCUT2D eigenvalue weighted by Crippen LogP contribution is 2.16. The van der Waals surface area contributed by atoms with Gasteiger partial charge in [0, 0.05) is 6.54 Å². The zero-order valence-corrected chi connectivity index (χ0v) is 10.7. The Morgan fingerprint density at radius 1 is 1.22 bits per heavy atom. The first-order chi connectivity index (χ1) is 8.69. The van der Waals surface area contributed by atoms with Crippen molar-refractivity contribution in [2.75, 3.05) is 5.32 Å². The monoisotopic (exact) mass is 257 g/mol. The number of aryl methyl sites for hydroxylation is 1. The number of nitriles is 1. The molecule has 1 N–H and O–H groups in total. The summed E-state index contributed by atoms with van der Waals surface area (Å²) in [5, 5.41) is 12.4. The van der Waals surface area contributed by atoms with E-state index in [-0.39, 0.29) is 5.69 Å². The highest BCUT2D eigenvalue weighted by Gasteiger charge is 2.02. The summed E-state index contributed by atoms with van der Waals surface area (Å²) in [6.45, 7) is 2.72. The van der Waals surface area contributed by atoms with Crippen LogP contribution in [0.4, 0.5) is 5.82 Å². The third-order valence-electron chi connectivity index (χ3n) is 2.55. The number of benzene rings is 1. The molecule has 90 valence electrons. The van der Waals surface area contributed by atoms with E-state index in [9.17, 15) is 0 Å². The summed E-state index contributed by atoms with van der Waals surface area (Å²) in [5.41, 5.74) is 2.64. The van der Waals surface area contributed by atoms with Crippen LogP contribution in [0, 0.1) is 18.3 Å². The highest BCUT2D eigenvalue weighted by molar-refractivity contribution is 6.31. The summed E-state index contributed by atoms with van der Waals surface area (Å²) < 4.78 is 0. The Bertz CT molecular complexity index is 585. The summed E-state index contributed by atoms with van der Waals surface area (Å²) >= 11 is 5.82. The number of hydrogen-bond donors (Lipinski definition) is 1. The Balaban J connectivity index is 2.06. The van der Waals surface area contributed by atoms with Gasteiger partial charge < -0.3 is 5.32 Å². The van der Waals surface area contributed by atoms with Crippen molar-refractivity contribution in [1.82, 2.24) is 4.98 Å². The molecule has 0 fully saturated rings. The molecule has 1 aromatic heterocycles. The Labute approximate surface area is 111 Å². The van der Waals surface area contributed by atoms with Gasteiger partial charge in [-0.05, 0) is 24.6 Å². The average Bonchev–Trinajstić information content (AvgIpc) is 2.39. The molecule has 0 aliphatic carbocycles. The van der Waals surface area contributed by atoms with E-state index < -0.39 is 0 Å². The molecule has 1 heterocycles. The van der Waals surface area contributed by atoms with E-state index in [0.29, 0.717) is 17.4 Å². The zero-order valence-electron chi connectivity index (χ0n) is 9.94. The smallest absolute Gasteiger partial charge is 0.161 e. The van der Waals surface area contributed by atoms with Crippen molar-refractivity contribution in [2.45, 2.75) is 13.5 Å². The van der Waals surface area contributed by atoms with E-state index in [1.165, 1.54) is 5.56 Å². The van der Waals surface area contributed by atoms with Crippen LogP contribution in [0.5, 0.6) is 0 Å². The van der Waals surface area contributed by atoms with Gasteiger partial charge in [0.05, 0.1) is 5.02 Å². The third kappa shape index (κ3) is 2.99. The van der Waals surface area contributed by atoms with Crippen molar-refractivity contribution in [1.29, 1.82) is 5.26 Å². The number of hydrogen-bond acceptors (Lipinski definition) is 3. The number of rotatable bonds is 3. The van der Waals surface area contributed by atoms with E-state index in [4.69, 9.17) is 16.9 Å². The highest BCUT2D eigenvalue weighted by atomic mass is 35.5. The molecule has 3 nitrogen and oxygen atoms in total. The molecular weight excluding hydrogens is 246 g/mol. The molecule has 0 atom stereocenters. The lowest BCUT2D eigenvalue weighted by atomic mass is 10.1. The number of aromatic nitrogens is 1. The molecule has 0 bridgehead atoms. The van der Waals surface area contributed by atoms with Crippen LogP contribution in [0.3, 0.4) is 0 Å². The number of pyridine rings is 1. The van der Waals surface area contributed by atoms with E-state index in [1.54, 1.807) is 12.1 Å². The van der Waals surface area contributed by atoms with Gasteiger partial charge in [-0.1, -0.05) is 41.4 Å². The van der Waals surface area contributed by atoms with Gasteiger partial charge in [0.2, 0.25) is 0 Å². The summed E-state index contributed by atoms with van der Waals surface area (Å²) in [5.74, 6) is 0.650. The minimum absolute atomic E-state index is 0.241. The molecule has 0 spiro atoms. The Hall–Kier alpha value is -2.05. The molecule has 0 aliphatic heterocycles. The first-order valence-electron chi connectivity index (χ1n) is 5.55. The van der Waals surface area contributed by atoms with Gasteiger partial charge >= 0.3 is 0 Å². The molecule has 2 rings (SSSR count). The summed E-state index contributed by atoms with van der Waals surface area (Å²) in [6, 6.07) is 13.6. The zero-order chi connectivity index (χ0) is 13.0. The second-order valence-electron chi connectivity index (χ2n) is 3.98. The van der Waals surface area contributed by atoms with Crippen molar-refractivity contribution in [3.63, 3.8) is 0 Å². The Morgan fingerprint density at radius 3 is 2.61 bits per heavy atom. The van der Waals surface area contributed by atoms with E-state index in [0.717, 1.165) is 5.56 Å². The third-order valence-corrected chi connectivity index (χ3v) is 2.85. The molecule has 0 saturated heterocycles. The molecule has 0 unspecified atom stereocenters. The van der Waals surface area contributed by atoms with Gasteiger partial charge in [0.1, 0.15) is 11.9 Å². The normalized spacial score (nSPS) is 9.83. The number of nitrogens with zero attached hydrogens (tertiary/aromatic N) is 2. The minimum Gasteiger partial charge on any atom is -0.366 e. The minimum atomic E-state index is 0.241. The van der Waals surface area contributed by atoms with Crippen LogP contribution >= 0.6 is 11.6 Å². The second kappa shape index (κ2) is 5.52. The SMILES string of the molecule is Cc1ccc(CNc2ccc(Cl)c(C#N)n2)cc1. The second-order valence-corrected chi connectivity index (χ2v) is 4.39. The molecule has 0 radical (unpaired) electrons. The van der Waals surface area contributed by atoms with Gasteiger partial charge in [-0.2, -0.15) is 5.26 Å². The fourth-order valence-electron chi connectivity index (χ4n) is 1.52. The van der Waals surface area contributed by atoms with Gasteiger partial charge in [-0.15, -0.1) is 0 Å². The van der Waals surface area contributed by atoms with Crippen LogP contribution in [0.25, 0.3) is 0 Å². The van der Waals surface area contributed by atoms with Crippen molar-refractivity contribution in [3.05, 3.63) is 58.2 Å². The maximum Gasteiger partial charge on any atom is 0.161 e. The van der Waals surface area contributed by atoms with Crippen molar-refractivity contribution < 1.29 is 0 Å². The van der Waals surface area contributed by atoms with Crippen LogP contribution in [0.2, 0.25) is 5.02 Å². The first kappa shape index (κ1) is 12.4.